The van der Waals surface area contributed by atoms with E-state index >= 15 is 0 Å². The number of aliphatic hydroxyl groups is 1. The molecule has 16 heavy (non-hydrogen) atoms. The highest BCUT2D eigenvalue weighted by Crippen LogP contribution is 2.36. The van der Waals surface area contributed by atoms with Gasteiger partial charge in [0.1, 0.15) is 9.34 Å². The maximum Gasteiger partial charge on any atom is 0.113 e. The third kappa shape index (κ3) is 2.94. The molecule has 0 bridgehead atoms. The van der Waals surface area contributed by atoms with Crippen LogP contribution in [-0.4, -0.2) is 23.2 Å². The van der Waals surface area contributed by atoms with Crippen molar-refractivity contribution >= 4 is 22.9 Å². The monoisotopic (exact) mass is 260 g/mol. The van der Waals surface area contributed by atoms with Crippen LogP contribution in [0, 0.1) is 5.41 Å². The summed E-state index contributed by atoms with van der Waals surface area (Å²) in [4.78, 5) is 4.19. The van der Waals surface area contributed by atoms with Gasteiger partial charge in [-0.15, -0.1) is 11.3 Å². The fourth-order valence-corrected chi connectivity index (χ4v) is 3.25. The van der Waals surface area contributed by atoms with Gasteiger partial charge in [-0.05, 0) is 12.8 Å². The van der Waals surface area contributed by atoms with Gasteiger partial charge in [0.05, 0.1) is 6.20 Å². The lowest BCUT2D eigenvalue weighted by Gasteiger charge is -2.26. The minimum Gasteiger partial charge on any atom is -0.396 e. The first kappa shape index (κ1) is 12.3. The summed E-state index contributed by atoms with van der Waals surface area (Å²) in [7, 11) is 0. The van der Waals surface area contributed by atoms with Gasteiger partial charge in [-0.2, -0.15) is 0 Å². The summed E-state index contributed by atoms with van der Waals surface area (Å²) < 4.78 is 0.731. The summed E-state index contributed by atoms with van der Waals surface area (Å²) in [6, 6.07) is 0. The molecule has 90 valence electrons. The summed E-state index contributed by atoms with van der Waals surface area (Å²) in [5.41, 5.74) is 0.112. The van der Waals surface area contributed by atoms with E-state index in [2.05, 4.69) is 10.3 Å². The van der Waals surface area contributed by atoms with Crippen molar-refractivity contribution in [1.82, 2.24) is 10.3 Å². The number of aromatic nitrogens is 1. The van der Waals surface area contributed by atoms with Crippen LogP contribution < -0.4 is 5.32 Å². The third-order valence-corrected chi connectivity index (χ3v) is 4.42. The standard InChI is InChI=1S/C11H17ClN2OS/c12-9-5-14-10(16-9)6-13-7-11(8-15)3-1-2-4-11/h5,13,15H,1-4,6-8H2. The molecule has 1 aliphatic rings. The van der Waals surface area contributed by atoms with Crippen molar-refractivity contribution in [2.45, 2.75) is 32.2 Å². The molecule has 5 heteroatoms. The van der Waals surface area contributed by atoms with Gasteiger partial charge >= 0.3 is 0 Å². The average molecular weight is 261 g/mol. The van der Waals surface area contributed by atoms with Crippen molar-refractivity contribution < 1.29 is 5.11 Å². The Morgan fingerprint density at radius 1 is 1.50 bits per heavy atom. The Morgan fingerprint density at radius 2 is 2.25 bits per heavy atom. The van der Waals surface area contributed by atoms with E-state index in [4.69, 9.17) is 11.6 Å². The fourth-order valence-electron chi connectivity index (χ4n) is 2.32. The number of nitrogens with one attached hydrogen (secondary N) is 1. The SMILES string of the molecule is OCC1(CNCc2ncc(Cl)s2)CCCC1. The zero-order valence-corrected chi connectivity index (χ0v) is 10.8. The molecule has 1 saturated carbocycles. The van der Waals surface area contributed by atoms with Crippen LogP contribution in [0.15, 0.2) is 6.20 Å². The molecule has 0 radical (unpaired) electrons. The number of hydrogen-bond acceptors (Lipinski definition) is 4. The first-order chi connectivity index (χ1) is 7.74. The van der Waals surface area contributed by atoms with Crippen LogP contribution in [0.1, 0.15) is 30.7 Å². The van der Waals surface area contributed by atoms with E-state index in [0.717, 1.165) is 35.3 Å². The van der Waals surface area contributed by atoms with Gasteiger partial charge in [0.2, 0.25) is 0 Å². The van der Waals surface area contributed by atoms with Crippen molar-refractivity contribution in [3.05, 3.63) is 15.5 Å². The molecule has 0 aromatic carbocycles. The summed E-state index contributed by atoms with van der Waals surface area (Å²) in [6.45, 7) is 1.92. The second-order valence-corrected chi connectivity index (χ2v) is 6.27. The molecular weight excluding hydrogens is 244 g/mol. The molecule has 1 fully saturated rings. The highest BCUT2D eigenvalue weighted by molar-refractivity contribution is 7.15. The molecule has 1 aromatic heterocycles. The molecule has 2 rings (SSSR count). The predicted octanol–water partition coefficient (Wildman–Crippen LogP) is 2.44. The van der Waals surface area contributed by atoms with Gasteiger partial charge in [-0.25, -0.2) is 4.98 Å². The summed E-state index contributed by atoms with van der Waals surface area (Å²) in [6.07, 6.45) is 6.43. The van der Waals surface area contributed by atoms with E-state index in [0.29, 0.717) is 6.61 Å². The largest absolute Gasteiger partial charge is 0.396 e. The van der Waals surface area contributed by atoms with Crippen LogP contribution in [0.3, 0.4) is 0 Å². The quantitative estimate of drug-likeness (QED) is 0.855. The highest BCUT2D eigenvalue weighted by atomic mass is 35.5. The van der Waals surface area contributed by atoms with E-state index in [9.17, 15) is 5.11 Å². The van der Waals surface area contributed by atoms with Crippen molar-refractivity contribution in [1.29, 1.82) is 0 Å². The van der Waals surface area contributed by atoms with E-state index in [-0.39, 0.29) is 5.41 Å². The Kier molecular flexibility index (Phi) is 4.19. The van der Waals surface area contributed by atoms with Crippen LogP contribution in [0.5, 0.6) is 0 Å². The molecule has 1 aromatic rings. The van der Waals surface area contributed by atoms with Crippen molar-refractivity contribution in [2.24, 2.45) is 5.41 Å². The number of hydrogen-bond donors (Lipinski definition) is 2. The minimum absolute atomic E-state index is 0.112. The molecular formula is C11H17ClN2OS. The van der Waals surface area contributed by atoms with Gasteiger partial charge < -0.3 is 10.4 Å². The number of aliphatic hydroxyl groups excluding tert-OH is 1. The molecule has 0 unspecified atom stereocenters. The maximum absolute atomic E-state index is 9.44. The van der Waals surface area contributed by atoms with E-state index in [1.165, 1.54) is 24.2 Å². The average Bonchev–Trinajstić information content (AvgIpc) is 2.89. The Labute approximate surface area is 105 Å². The number of thiazole rings is 1. The van der Waals surface area contributed by atoms with Gasteiger partial charge in [0.25, 0.3) is 0 Å². The molecule has 0 amide bonds. The number of rotatable bonds is 5. The second-order valence-electron chi connectivity index (χ2n) is 4.53. The molecule has 0 saturated heterocycles. The molecule has 0 atom stereocenters. The lowest BCUT2D eigenvalue weighted by Crippen LogP contribution is -2.34. The Balaban J connectivity index is 1.78. The lowest BCUT2D eigenvalue weighted by atomic mass is 9.87. The van der Waals surface area contributed by atoms with E-state index in [1.54, 1.807) is 6.20 Å². The van der Waals surface area contributed by atoms with Gasteiger partial charge in [-0.3, -0.25) is 0 Å². The Bertz CT molecular complexity index is 336. The van der Waals surface area contributed by atoms with E-state index in [1.807, 2.05) is 0 Å². The lowest BCUT2D eigenvalue weighted by molar-refractivity contribution is 0.128. The minimum atomic E-state index is 0.112. The third-order valence-electron chi connectivity index (χ3n) is 3.30. The first-order valence-corrected chi connectivity index (χ1v) is 6.85. The second kappa shape index (κ2) is 5.45. The van der Waals surface area contributed by atoms with Gasteiger partial charge in [0, 0.05) is 25.1 Å². The summed E-state index contributed by atoms with van der Waals surface area (Å²) in [5.74, 6) is 0. The van der Waals surface area contributed by atoms with Crippen LogP contribution in [0.2, 0.25) is 4.34 Å². The number of halogens is 1. The molecule has 1 aliphatic carbocycles. The maximum atomic E-state index is 9.44. The normalized spacial score (nSPS) is 19.1. The Morgan fingerprint density at radius 3 is 2.81 bits per heavy atom. The van der Waals surface area contributed by atoms with Crippen molar-refractivity contribution in [2.75, 3.05) is 13.2 Å². The van der Waals surface area contributed by atoms with Gasteiger partial charge in [0.15, 0.2) is 0 Å². The van der Waals surface area contributed by atoms with Crippen LogP contribution >= 0.6 is 22.9 Å². The topological polar surface area (TPSA) is 45.1 Å². The fraction of sp³-hybridized carbons (Fsp3) is 0.727. The van der Waals surface area contributed by atoms with Crippen molar-refractivity contribution in [3.8, 4) is 0 Å². The summed E-state index contributed by atoms with van der Waals surface area (Å²) >= 11 is 7.32. The predicted molar refractivity (Wildman–Crippen MR) is 66.8 cm³/mol. The highest BCUT2D eigenvalue weighted by Gasteiger charge is 2.32. The molecule has 1 heterocycles. The zero-order chi connectivity index (χ0) is 11.4. The number of nitrogens with zero attached hydrogens (tertiary/aromatic N) is 1. The smallest absolute Gasteiger partial charge is 0.113 e. The van der Waals surface area contributed by atoms with E-state index < -0.39 is 0 Å². The van der Waals surface area contributed by atoms with Crippen LogP contribution in [-0.2, 0) is 6.54 Å². The molecule has 0 aliphatic heterocycles. The van der Waals surface area contributed by atoms with Crippen LogP contribution in [0.25, 0.3) is 0 Å². The molecule has 3 nitrogen and oxygen atoms in total. The summed E-state index contributed by atoms with van der Waals surface area (Å²) in [5, 5.41) is 13.8. The molecule has 0 spiro atoms. The Hall–Kier alpha value is -0.160. The molecule has 2 N–H and O–H groups in total. The first-order valence-electron chi connectivity index (χ1n) is 5.66. The van der Waals surface area contributed by atoms with Crippen LogP contribution in [0.4, 0.5) is 0 Å². The van der Waals surface area contributed by atoms with Crippen molar-refractivity contribution in [3.63, 3.8) is 0 Å². The zero-order valence-electron chi connectivity index (χ0n) is 9.21. The van der Waals surface area contributed by atoms with Gasteiger partial charge in [-0.1, -0.05) is 24.4 Å².